The van der Waals surface area contributed by atoms with Crippen molar-refractivity contribution in [2.45, 2.75) is 20.8 Å². The summed E-state index contributed by atoms with van der Waals surface area (Å²) in [5, 5.41) is 0. The maximum absolute atomic E-state index is 11.1. The van der Waals surface area contributed by atoms with Crippen molar-refractivity contribution < 1.29 is 19.1 Å². The number of ether oxygens (including phenoxy) is 2. The van der Waals surface area contributed by atoms with E-state index < -0.39 is 11.9 Å². The summed E-state index contributed by atoms with van der Waals surface area (Å²) in [6.07, 6.45) is 4.96. The second-order valence-electron chi connectivity index (χ2n) is 4.41. The minimum atomic E-state index is -0.433. The van der Waals surface area contributed by atoms with Gasteiger partial charge in [0.2, 0.25) is 0 Å². The fourth-order valence-corrected chi connectivity index (χ4v) is 1.72. The van der Waals surface area contributed by atoms with Crippen LogP contribution >= 0.6 is 0 Å². The molecule has 2 rings (SSSR count). The van der Waals surface area contributed by atoms with Crippen LogP contribution in [0.2, 0.25) is 0 Å². The predicted octanol–water partition coefficient (Wildman–Crippen LogP) is 1.84. The lowest BCUT2D eigenvalue weighted by atomic mass is 9.85. The highest BCUT2D eigenvalue weighted by Crippen LogP contribution is 2.38. The fourth-order valence-electron chi connectivity index (χ4n) is 1.72. The van der Waals surface area contributed by atoms with E-state index in [-0.39, 0.29) is 5.41 Å². The predicted molar refractivity (Wildman–Crippen MR) is 55.9 cm³/mol. The average Bonchev–Trinajstić information content (AvgIpc) is 2.42. The number of rotatable bonds is 1. The first-order valence-corrected chi connectivity index (χ1v) is 4.96. The average molecular weight is 220 g/mol. The number of fused-ring (bicyclic) bond motifs is 1. The van der Waals surface area contributed by atoms with Crippen LogP contribution in [0.3, 0.4) is 0 Å². The normalized spacial score (nSPS) is 21.4. The molecule has 0 aromatic carbocycles. The van der Waals surface area contributed by atoms with Gasteiger partial charge in [-0.05, 0) is 12.2 Å². The van der Waals surface area contributed by atoms with Crippen LogP contribution in [-0.2, 0) is 19.1 Å². The second kappa shape index (κ2) is 3.33. The molecule has 0 saturated heterocycles. The van der Waals surface area contributed by atoms with Gasteiger partial charge in [0.05, 0.1) is 5.57 Å². The Morgan fingerprint density at radius 1 is 1.38 bits per heavy atom. The van der Waals surface area contributed by atoms with E-state index in [0.717, 1.165) is 0 Å². The van der Waals surface area contributed by atoms with Gasteiger partial charge in [0.1, 0.15) is 11.5 Å². The monoisotopic (exact) mass is 220 g/mol. The van der Waals surface area contributed by atoms with Gasteiger partial charge in [-0.2, -0.15) is 0 Å². The third kappa shape index (κ3) is 1.91. The first kappa shape index (κ1) is 10.7. The van der Waals surface area contributed by atoms with E-state index in [4.69, 9.17) is 9.47 Å². The van der Waals surface area contributed by atoms with Crippen LogP contribution in [0.5, 0.6) is 0 Å². The van der Waals surface area contributed by atoms with Gasteiger partial charge < -0.3 is 9.47 Å². The van der Waals surface area contributed by atoms with Crippen molar-refractivity contribution in [1.29, 1.82) is 0 Å². The zero-order chi connectivity index (χ0) is 11.9. The topological polar surface area (TPSA) is 52.6 Å². The fraction of sp³-hybridized carbons (Fsp3) is 0.333. The SMILES string of the molecule is CC(=O)OC1=CC(C)(C)C=C2OC(=O)C=C12. The molecule has 0 saturated carbocycles. The Hall–Kier alpha value is -1.84. The molecule has 1 heterocycles. The summed E-state index contributed by atoms with van der Waals surface area (Å²) in [6, 6.07) is 0. The highest BCUT2D eigenvalue weighted by Gasteiger charge is 2.32. The Labute approximate surface area is 93.2 Å². The molecule has 4 heteroatoms. The molecule has 0 N–H and O–H groups in total. The Morgan fingerprint density at radius 3 is 2.69 bits per heavy atom. The minimum Gasteiger partial charge on any atom is -0.426 e. The van der Waals surface area contributed by atoms with Gasteiger partial charge in [-0.3, -0.25) is 4.79 Å². The van der Waals surface area contributed by atoms with Crippen LogP contribution in [0.4, 0.5) is 0 Å². The maximum atomic E-state index is 11.1. The van der Waals surface area contributed by atoms with Gasteiger partial charge in [0.25, 0.3) is 0 Å². The summed E-state index contributed by atoms with van der Waals surface area (Å²) in [4.78, 5) is 22.1. The van der Waals surface area contributed by atoms with Crippen molar-refractivity contribution in [1.82, 2.24) is 0 Å². The quantitative estimate of drug-likeness (QED) is 0.633. The molecule has 0 amide bonds. The van der Waals surface area contributed by atoms with Gasteiger partial charge in [0.15, 0.2) is 0 Å². The summed E-state index contributed by atoms with van der Waals surface area (Å²) in [5.41, 5.74) is 0.238. The van der Waals surface area contributed by atoms with E-state index in [1.54, 1.807) is 6.08 Å². The maximum Gasteiger partial charge on any atom is 0.337 e. The van der Waals surface area contributed by atoms with Gasteiger partial charge >= 0.3 is 11.9 Å². The molecular weight excluding hydrogens is 208 g/mol. The number of hydrogen-bond donors (Lipinski definition) is 0. The molecule has 0 aromatic heterocycles. The molecule has 0 aromatic rings. The molecule has 0 atom stereocenters. The van der Waals surface area contributed by atoms with E-state index in [0.29, 0.717) is 17.1 Å². The molecule has 4 nitrogen and oxygen atoms in total. The van der Waals surface area contributed by atoms with Crippen molar-refractivity contribution in [3.63, 3.8) is 0 Å². The zero-order valence-electron chi connectivity index (χ0n) is 9.37. The summed E-state index contributed by atoms with van der Waals surface area (Å²) in [5.74, 6) is 0.00940. The van der Waals surface area contributed by atoms with E-state index in [2.05, 4.69) is 0 Å². The van der Waals surface area contributed by atoms with Gasteiger partial charge in [-0.15, -0.1) is 0 Å². The molecular formula is C12H12O4. The van der Waals surface area contributed by atoms with Gasteiger partial charge in [-0.1, -0.05) is 13.8 Å². The molecule has 2 aliphatic rings. The van der Waals surface area contributed by atoms with E-state index in [9.17, 15) is 9.59 Å². The van der Waals surface area contributed by atoms with Crippen molar-refractivity contribution in [3.05, 3.63) is 35.3 Å². The molecule has 1 aliphatic carbocycles. The van der Waals surface area contributed by atoms with Crippen molar-refractivity contribution in [2.75, 3.05) is 0 Å². The first-order valence-electron chi connectivity index (χ1n) is 4.96. The van der Waals surface area contributed by atoms with Crippen molar-refractivity contribution in [2.24, 2.45) is 5.41 Å². The molecule has 0 unspecified atom stereocenters. The van der Waals surface area contributed by atoms with E-state index in [1.165, 1.54) is 13.0 Å². The number of allylic oxidation sites excluding steroid dienone is 2. The first-order chi connectivity index (χ1) is 7.37. The Morgan fingerprint density at radius 2 is 2.06 bits per heavy atom. The Kier molecular flexibility index (Phi) is 2.22. The third-order valence-corrected chi connectivity index (χ3v) is 2.26. The number of hydrogen-bond acceptors (Lipinski definition) is 4. The van der Waals surface area contributed by atoms with Crippen LogP contribution in [-0.4, -0.2) is 11.9 Å². The summed E-state index contributed by atoms with van der Waals surface area (Å²) in [7, 11) is 0. The molecule has 1 aliphatic heterocycles. The van der Waals surface area contributed by atoms with Crippen molar-refractivity contribution in [3.8, 4) is 0 Å². The van der Waals surface area contributed by atoms with Crippen molar-refractivity contribution >= 4 is 11.9 Å². The highest BCUT2D eigenvalue weighted by atomic mass is 16.6. The highest BCUT2D eigenvalue weighted by molar-refractivity contribution is 5.90. The zero-order valence-corrected chi connectivity index (χ0v) is 9.37. The Bertz CT molecular complexity index is 463. The summed E-state index contributed by atoms with van der Waals surface area (Å²) < 4.78 is 10.1. The largest absolute Gasteiger partial charge is 0.426 e. The van der Waals surface area contributed by atoms with Crippen LogP contribution in [0, 0.1) is 5.41 Å². The summed E-state index contributed by atoms with van der Waals surface area (Å²) in [6.45, 7) is 5.20. The summed E-state index contributed by atoms with van der Waals surface area (Å²) >= 11 is 0. The van der Waals surface area contributed by atoms with E-state index in [1.807, 2.05) is 19.9 Å². The lowest BCUT2D eigenvalue weighted by molar-refractivity contribution is -0.136. The van der Waals surface area contributed by atoms with Gasteiger partial charge in [0, 0.05) is 18.4 Å². The smallest absolute Gasteiger partial charge is 0.337 e. The lowest BCUT2D eigenvalue weighted by Gasteiger charge is -2.23. The lowest BCUT2D eigenvalue weighted by Crippen LogP contribution is -2.15. The molecule has 0 spiro atoms. The van der Waals surface area contributed by atoms with Gasteiger partial charge in [-0.25, -0.2) is 4.79 Å². The molecule has 16 heavy (non-hydrogen) atoms. The number of carbonyl (C=O) groups excluding carboxylic acids is 2. The van der Waals surface area contributed by atoms with Crippen LogP contribution in [0.1, 0.15) is 20.8 Å². The third-order valence-electron chi connectivity index (χ3n) is 2.26. The molecule has 0 fully saturated rings. The molecule has 0 radical (unpaired) electrons. The van der Waals surface area contributed by atoms with Crippen LogP contribution in [0.15, 0.2) is 35.3 Å². The molecule has 84 valence electrons. The van der Waals surface area contributed by atoms with Crippen LogP contribution < -0.4 is 0 Å². The number of esters is 2. The molecule has 0 bridgehead atoms. The Balaban J connectivity index is 2.42. The van der Waals surface area contributed by atoms with Crippen LogP contribution in [0.25, 0.3) is 0 Å². The standard InChI is InChI=1S/C12H12O4/c1-7(13)15-9-5-12(2,3)6-10-8(9)4-11(14)16-10/h4-6H,1-3H3. The second-order valence-corrected chi connectivity index (χ2v) is 4.41. The number of carbonyl (C=O) groups is 2. The minimum absolute atomic E-state index is 0.303. The van der Waals surface area contributed by atoms with E-state index >= 15 is 0 Å².